The lowest BCUT2D eigenvalue weighted by molar-refractivity contribution is -0.151. The van der Waals surface area contributed by atoms with Gasteiger partial charge in [-0.1, -0.05) is 0 Å². The number of ketones is 1. The van der Waals surface area contributed by atoms with E-state index in [9.17, 15) is 9.59 Å². The van der Waals surface area contributed by atoms with Crippen LogP contribution in [0.1, 0.15) is 30.4 Å². The molecule has 0 aromatic heterocycles. The lowest BCUT2D eigenvalue weighted by atomic mass is 10.0. The minimum Gasteiger partial charge on any atom is -0.494 e. The van der Waals surface area contributed by atoms with Crippen LogP contribution in [0.15, 0.2) is 12.1 Å². The number of halogens is 1. The van der Waals surface area contributed by atoms with E-state index in [1.165, 1.54) is 0 Å². The number of benzene rings is 1. The molecule has 0 amide bonds. The number of carbonyl (C=O) groups excluding carboxylic acids is 2. The van der Waals surface area contributed by atoms with Crippen LogP contribution < -0.4 is 9.47 Å². The molecular formula is C15H17ClO5. The van der Waals surface area contributed by atoms with Gasteiger partial charge < -0.3 is 14.2 Å². The molecule has 0 saturated heterocycles. The van der Waals surface area contributed by atoms with Crippen molar-refractivity contribution in [1.29, 1.82) is 0 Å². The second-order valence-corrected chi connectivity index (χ2v) is 5.22. The fourth-order valence-electron chi connectivity index (χ4n) is 2.28. The SMILES string of the molecule is CCOc1cc2c(cc1C(Cl)C(=O)C(=O)OC)OC(C)C2. The number of alkyl halides is 1. The van der Waals surface area contributed by atoms with Crippen LogP contribution in [0.5, 0.6) is 11.5 Å². The molecule has 0 spiro atoms. The third-order valence-corrected chi connectivity index (χ3v) is 3.65. The number of fused-ring (bicyclic) bond motifs is 1. The van der Waals surface area contributed by atoms with Crippen molar-refractivity contribution in [3.8, 4) is 11.5 Å². The Kier molecular flexibility index (Phi) is 4.73. The van der Waals surface area contributed by atoms with Gasteiger partial charge in [0.2, 0.25) is 0 Å². The van der Waals surface area contributed by atoms with Crippen molar-refractivity contribution in [3.63, 3.8) is 0 Å². The molecule has 1 aromatic rings. The molecule has 2 unspecified atom stereocenters. The molecular weight excluding hydrogens is 296 g/mol. The van der Waals surface area contributed by atoms with Crippen LogP contribution in [-0.4, -0.2) is 31.6 Å². The molecule has 5 nitrogen and oxygen atoms in total. The number of hydrogen-bond donors (Lipinski definition) is 0. The van der Waals surface area contributed by atoms with Crippen LogP contribution in [0.25, 0.3) is 0 Å². The zero-order valence-corrected chi connectivity index (χ0v) is 12.9. The van der Waals surface area contributed by atoms with Crippen molar-refractivity contribution in [2.45, 2.75) is 31.7 Å². The van der Waals surface area contributed by atoms with Gasteiger partial charge in [-0.2, -0.15) is 0 Å². The van der Waals surface area contributed by atoms with Gasteiger partial charge in [0.1, 0.15) is 23.0 Å². The topological polar surface area (TPSA) is 61.8 Å². The van der Waals surface area contributed by atoms with Crippen molar-refractivity contribution in [2.75, 3.05) is 13.7 Å². The number of rotatable bonds is 5. The Morgan fingerprint density at radius 3 is 2.81 bits per heavy atom. The highest BCUT2D eigenvalue weighted by Gasteiger charge is 2.31. The molecule has 1 aliphatic rings. The normalized spacial score (nSPS) is 17.6. The third-order valence-electron chi connectivity index (χ3n) is 3.22. The fourth-order valence-corrected chi connectivity index (χ4v) is 2.54. The molecule has 1 heterocycles. The summed E-state index contributed by atoms with van der Waals surface area (Å²) in [6, 6.07) is 3.49. The summed E-state index contributed by atoms with van der Waals surface area (Å²) >= 11 is 6.12. The largest absolute Gasteiger partial charge is 0.494 e. The van der Waals surface area contributed by atoms with Crippen LogP contribution in [0, 0.1) is 0 Å². The van der Waals surface area contributed by atoms with Crippen molar-refractivity contribution >= 4 is 23.4 Å². The smallest absolute Gasteiger partial charge is 0.376 e. The predicted molar refractivity (Wildman–Crippen MR) is 77.0 cm³/mol. The Hall–Kier alpha value is -1.75. The maximum absolute atomic E-state index is 11.9. The van der Waals surface area contributed by atoms with Crippen LogP contribution >= 0.6 is 11.6 Å². The fraction of sp³-hybridized carbons (Fsp3) is 0.467. The first kappa shape index (κ1) is 15.6. The highest BCUT2D eigenvalue weighted by molar-refractivity contribution is 6.47. The zero-order valence-electron chi connectivity index (χ0n) is 12.1. The maximum atomic E-state index is 11.9. The van der Waals surface area contributed by atoms with Gasteiger partial charge in [-0.15, -0.1) is 11.6 Å². The van der Waals surface area contributed by atoms with Crippen LogP contribution in [0.2, 0.25) is 0 Å². The van der Waals surface area contributed by atoms with E-state index in [-0.39, 0.29) is 6.10 Å². The van der Waals surface area contributed by atoms with E-state index in [4.69, 9.17) is 21.1 Å². The molecule has 0 saturated carbocycles. The molecule has 0 aliphatic carbocycles. The van der Waals surface area contributed by atoms with Gasteiger partial charge in [-0.3, -0.25) is 4.79 Å². The van der Waals surface area contributed by atoms with E-state index in [1.54, 1.807) is 6.07 Å². The molecule has 0 radical (unpaired) electrons. The lowest BCUT2D eigenvalue weighted by Crippen LogP contribution is -2.20. The summed E-state index contributed by atoms with van der Waals surface area (Å²) in [5.41, 5.74) is 1.42. The summed E-state index contributed by atoms with van der Waals surface area (Å²) in [5.74, 6) is -0.645. The van der Waals surface area contributed by atoms with E-state index in [2.05, 4.69) is 4.74 Å². The number of Topliss-reactive ketones (excluding diaryl/α,β-unsaturated/α-hetero) is 1. The Balaban J connectivity index is 2.40. The summed E-state index contributed by atoms with van der Waals surface area (Å²) in [7, 11) is 1.14. The maximum Gasteiger partial charge on any atom is 0.376 e. The van der Waals surface area contributed by atoms with Gasteiger partial charge in [0.25, 0.3) is 5.78 Å². The van der Waals surface area contributed by atoms with Gasteiger partial charge in [0.05, 0.1) is 13.7 Å². The van der Waals surface area contributed by atoms with Gasteiger partial charge in [-0.25, -0.2) is 4.79 Å². The average molecular weight is 313 g/mol. The summed E-state index contributed by atoms with van der Waals surface area (Å²) in [4.78, 5) is 23.2. The second kappa shape index (κ2) is 6.35. The minimum atomic E-state index is -1.16. The van der Waals surface area contributed by atoms with Gasteiger partial charge >= 0.3 is 5.97 Å². The first-order valence-corrected chi connectivity index (χ1v) is 7.14. The Bertz CT molecular complexity index is 569. The third kappa shape index (κ3) is 3.13. The van der Waals surface area contributed by atoms with E-state index >= 15 is 0 Å². The van der Waals surface area contributed by atoms with Gasteiger partial charge in [0, 0.05) is 17.5 Å². The summed E-state index contributed by atoms with van der Waals surface area (Å²) < 4.78 is 15.6. The van der Waals surface area contributed by atoms with E-state index in [0.29, 0.717) is 23.7 Å². The molecule has 114 valence electrons. The number of ether oxygens (including phenoxy) is 3. The van der Waals surface area contributed by atoms with E-state index in [1.807, 2.05) is 19.9 Å². The Labute approximate surface area is 128 Å². The summed E-state index contributed by atoms with van der Waals surface area (Å²) in [5, 5.41) is -1.16. The average Bonchev–Trinajstić information content (AvgIpc) is 2.83. The van der Waals surface area contributed by atoms with E-state index < -0.39 is 17.1 Å². The van der Waals surface area contributed by atoms with Crippen LogP contribution in [-0.2, 0) is 20.7 Å². The standard InChI is InChI=1S/C15H17ClO5/c1-4-20-12-6-9-5-8(2)21-11(9)7-10(12)13(16)14(17)15(18)19-3/h6-8,13H,4-5H2,1-3H3. The molecule has 6 heteroatoms. The van der Waals surface area contributed by atoms with Crippen molar-refractivity contribution in [2.24, 2.45) is 0 Å². The van der Waals surface area contributed by atoms with Crippen LogP contribution in [0.3, 0.4) is 0 Å². The Morgan fingerprint density at radius 1 is 1.48 bits per heavy atom. The van der Waals surface area contributed by atoms with Crippen molar-refractivity contribution in [3.05, 3.63) is 23.3 Å². The minimum absolute atomic E-state index is 0.0646. The van der Waals surface area contributed by atoms with E-state index in [0.717, 1.165) is 19.1 Å². The molecule has 2 atom stereocenters. The van der Waals surface area contributed by atoms with Gasteiger partial charge in [0.15, 0.2) is 0 Å². The van der Waals surface area contributed by atoms with Crippen LogP contribution in [0.4, 0.5) is 0 Å². The summed E-state index contributed by atoms with van der Waals surface area (Å²) in [6.07, 6.45) is 0.836. The Morgan fingerprint density at radius 2 is 2.19 bits per heavy atom. The molecule has 2 rings (SSSR count). The number of methoxy groups -OCH3 is 1. The summed E-state index contributed by atoms with van der Waals surface area (Å²) in [6.45, 7) is 4.22. The predicted octanol–water partition coefficient (Wildman–Crippen LogP) is 2.43. The zero-order chi connectivity index (χ0) is 15.6. The first-order valence-electron chi connectivity index (χ1n) is 6.70. The molecule has 0 fully saturated rings. The molecule has 1 aliphatic heterocycles. The molecule has 1 aromatic carbocycles. The number of hydrogen-bond acceptors (Lipinski definition) is 5. The van der Waals surface area contributed by atoms with Crippen molar-refractivity contribution < 1.29 is 23.8 Å². The molecule has 21 heavy (non-hydrogen) atoms. The first-order chi connectivity index (χ1) is 9.97. The second-order valence-electron chi connectivity index (χ2n) is 4.78. The molecule has 0 N–H and O–H groups in total. The highest BCUT2D eigenvalue weighted by atomic mass is 35.5. The monoisotopic (exact) mass is 312 g/mol. The van der Waals surface area contributed by atoms with Gasteiger partial charge in [-0.05, 0) is 26.0 Å². The number of carbonyl (C=O) groups is 2. The lowest BCUT2D eigenvalue weighted by Gasteiger charge is -2.15. The quantitative estimate of drug-likeness (QED) is 0.475. The molecule has 0 bridgehead atoms. The van der Waals surface area contributed by atoms with Crippen molar-refractivity contribution in [1.82, 2.24) is 0 Å². The highest BCUT2D eigenvalue weighted by Crippen LogP contribution is 2.39. The number of esters is 1.